The van der Waals surface area contributed by atoms with Gasteiger partial charge in [-0.1, -0.05) is 85.8 Å². The van der Waals surface area contributed by atoms with Crippen LogP contribution in [0.25, 0.3) is 27.8 Å². The van der Waals surface area contributed by atoms with Gasteiger partial charge in [0.05, 0.1) is 5.69 Å². The lowest BCUT2D eigenvalue weighted by Gasteiger charge is -2.36. The maximum Gasteiger partial charge on any atom is 0.270 e. The fraction of sp³-hybridized carbons (Fsp3) is 0.121. The van der Waals surface area contributed by atoms with Gasteiger partial charge in [0.25, 0.3) is 11.8 Å². The predicted molar refractivity (Wildman–Crippen MR) is 161 cm³/mol. The molecule has 5 aromatic rings. The number of anilines is 1. The summed E-state index contributed by atoms with van der Waals surface area (Å²) in [5.74, 6) is -0.764. The summed E-state index contributed by atoms with van der Waals surface area (Å²) in [6.45, 7) is 3.09. The highest BCUT2D eigenvalue weighted by Gasteiger charge is 2.40. The average molecular weight is 530 g/mol. The highest BCUT2D eigenvalue weighted by molar-refractivity contribution is 7.80. The van der Waals surface area contributed by atoms with Gasteiger partial charge < -0.3 is 4.57 Å². The summed E-state index contributed by atoms with van der Waals surface area (Å²) >= 11 is 5.64. The molecule has 1 saturated heterocycles. The van der Waals surface area contributed by atoms with E-state index < -0.39 is 5.91 Å². The maximum atomic E-state index is 13.8. The summed E-state index contributed by atoms with van der Waals surface area (Å²) in [5, 5.41) is 3.60. The molecule has 0 unspecified atom stereocenters. The molecule has 1 aliphatic heterocycles. The smallest absolute Gasteiger partial charge is 0.270 e. The van der Waals surface area contributed by atoms with E-state index in [1.165, 1.54) is 26.1 Å². The van der Waals surface area contributed by atoms with Crippen LogP contribution in [0.1, 0.15) is 24.5 Å². The van der Waals surface area contributed by atoms with Gasteiger partial charge in [0.1, 0.15) is 5.57 Å². The Kier molecular flexibility index (Phi) is 6.55. The van der Waals surface area contributed by atoms with Crippen LogP contribution in [0.3, 0.4) is 0 Å². The number of carbonyl (C=O) groups excluding carboxylic acids is 2. The van der Waals surface area contributed by atoms with E-state index in [0.717, 1.165) is 22.9 Å². The molecular formula is C33H27N3O2S. The van der Waals surface area contributed by atoms with Crippen molar-refractivity contribution >= 4 is 62.6 Å². The first-order valence-electron chi connectivity index (χ1n) is 13.1. The Balaban J connectivity index is 1.46. The molecule has 0 radical (unpaired) electrons. The molecule has 4 aromatic carbocycles. The molecule has 0 bridgehead atoms. The van der Waals surface area contributed by atoms with Crippen molar-refractivity contribution in [2.45, 2.75) is 19.9 Å². The SMILES string of the molecule is CCCN1C(=O)/C(=C\c2cn(Cc3cccc4ccccc34)c3ccccc23)C(=O)N(c2ccccc2)C1=S. The van der Waals surface area contributed by atoms with E-state index >= 15 is 0 Å². The van der Waals surface area contributed by atoms with Crippen molar-refractivity contribution in [1.29, 1.82) is 0 Å². The number of aromatic nitrogens is 1. The van der Waals surface area contributed by atoms with Crippen LogP contribution in [0, 0.1) is 0 Å². The van der Waals surface area contributed by atoms with E-state index in [1.54, 1.807) is 6.08 Å². The van der Waals surface area contributed by atoms with Crippen molar-refractivity contribution in [3.63, 3.8) is 0 Å². The quantitative estimate of drug-likeness (QED) is 0.138. The number of hydrogen-bond acceptors (Lipinski definition) is 3. The molecule has 39 heavy (non-hydrogen) atoms. The minimum atomic E-state index is -0.408. The van der Waals surface area contributed by atoms with Crippen molar-refractivity contribution in [3.05, 3.63) is 120 Å². The number of amides is 2. The third-order valence-electron chi connectivity index (χ3n) is 7.13. The fourth-order valence-electron chi connectivity index (χ4n) is 5.29. The molecule has 1 fully saturated rings. The zero-order chi connectivity index (χ0) is 26.9. The van der Waals surface area contributed by atoms with Gasteiger partial charge in [0.15, 0.2) is 5.11 Å². The number of carbonyl (C=O) groups is 2. The zero-order valence-electron chi connectivity index (χ0n) is 21.6. The largest absolute Gasteiger partial charge is 0.342 e. The summed E-state index contributed by atoms with van der Waals surface area (Å²) in [4.78, 5) is 30.4. The third-order valence-corrected chi connectivity index (χ3v) is 7.54. The molecule has 1 aromatic heterocycles. The van der Waals surface area contributed by atoms with Gasteiger partial charge in [0.2, 0.25) is 0 Å². The average Bonchev–Trinajstić information content (AvgIpc) is 3.31. The lowest BCUT2D eigenvalue weighted by molar-refractivity contribution is -0.127. The number of para-hydroxylation sites is 2. The Morgan fingerprint density at radius 2 is 1.46 bits per heavy atom. The molecule has 0 atom stereocenters. The van der Waals surface area contributed by atoms with Crippen molar-refractivity contribution in [3.8, 4) is 0 Å². The fourth-order valence-corrected chi connectivity index (χ4v) is 5.65. The molecule has 192 valence electrons. The van der Waals surface area contributed by atoms with Gasteiger partial charge >= 0.3 is 0 Å². The minimum absolute atomic E-state index is 0.106. The van der Waals surface area contributed by atoms with Crippen LogP contribution < -0.4 is 4.90 Å². The van der Waals surface area contributed by atoms with E-state index in [1.807, 2.05) is 67.7 Å². The first-order valence-corrected chi connectivity index (χ1v) is 13.5. The molecule has 2 heterocycles. The Morgan fingerprint density at radius 3 is 2.26 bits per heavy atom. The second-order valence-electron chi connectivity index (χ2n) is 9.64. The Bertz CT molecular complexity index is 1760. The van der Waals surface area contributed by atoms with Crippen molar-refractivity contribution in [2.75, 3.05) is 11.4 Å². The van der Waals surface area contributed by atoms with E-state index in [9.17, 15) is 9.59 Å². The number of benzene rings is 4. The number of fused-ring (bicyclic) bond motifs is 2. The molecule has 0 spiro atoms. The van der Waals surface area contributed by atoms with Crippen LogP contribution in [0.15, 0.2) is 109 Å². The van der Waals surface area contributed by atoms with E-state index in [4.69, 9.17) is 12.2 Å². The molecule has 5 nitrogen and oxygen atoms in total. The summed E-state index contributed by atoms with van der Waals surface area (Å²) < 4.78 is 2.19. The van der Waals surface area contributed by atoms with Crippen LogP contribution in [0.2, 0.25) is 0 Å². The molecule has 6 rings (SSSR count). The van der Waals surface area contributed by atoms with Crippen molar-refractivity contribution in [2.24, 2.45) is 0 Å². The van der Waals surface area contributed by atoms with Crippen molar-refractivity contribution < 1.29 is 9.59 Å². The molecule has 0 saturated carbocycles. The van der Waals surface area contributed by atoms with Crippen LogP contribution in [-0.2, 0) is 16.1 Å². The number of nitrogens with zero attached hydrogens (tertiary/aromatic N) is 3. The molecule has 1 aliphatic rings. The van der Waals surface area contributed by atoms with Gasteiger partial charge in [-0.3, -0.25) is 19.4 Å². The first kappa shape index (κ1) is 24.8. The lowest BCUT2D eigenvalue weighted by Crippen LogP contribution is -2.56. The van der Waals surface area contributed by atoms with Gasteiger partial charge in [0, 0.05) is 35.8 Å². The molecule has 2 amide bonds. The van der Waals surface area contributed by atoms with Crippen molar-refractivity contribution in [1.82, 2.24) is 9.47 Å². The predicted octanol–water partition coefficient (Wildman–Crippen LogP) is 6.80. The maximum absolute atomic E-state index is 13.8. The number of hydrogen-bond donors (Lipinski definition) is 0. The van der Waals surface area contributed by atoms with Gasteiger partial charge in [-0.2, -0.15) is 0 Å². The van der Waals surface area contributed by atoms with E-state index in [-0.39, 0.29) is 16.6 Å². The minimum Gasteiger partial charge on any atom is -0.342 e. The van der Waals surface area contributed by atoms with Gasteiger partial charge in [-0.25, -0.2) is 0 Å². The normalized spacial score (nSPS) is 15.2. The van der Waals surface area contributed by atoms with Gasteiger partial charge in [-0.05, 0) is 59.2 Å². The Labute approximate surface area is 232 Å². The summed E-state index contributed by atoms with van der Waals surface area (Å²) in [5.41, 5.74) is 3.81. The highest BCUT2D eigenvalue weighted by Crippen LogP contribution is 2.30. The molecule has 0 N–H and O–H groups in total. The Hall–Kier alpha value is -4.55. The van der Waals surface area contributed by atoms with Crippen LogP contribution in [-0.4, -0.2) is 32.9 Å². The summed E-state index contributed by atoms with van der Waals surface area (Å²) in [6.07, 6.45) is 4.48. The van der Waals surface area contributed by atoms with E-state index in [2.05, 4.69) is 47.0 Å². The third kappa shape index (κ3) is 4.43. The second kappa shape index (κ2) is 10.3. The van der Waals surface area contributed by atoms with Gasteiger partial charge in [-0.15, -0.1) is 0 Å². The highest BCUT2D eigenvalue weighted by atomic mass is 32.1. The van der Waals surface area contributed by atoms with Crippen LogP contribution >= 0.6 is 12.2 Å². The summed E-state index contributed by atoms with van der Waals surface area (Å²) in [7, 11) is 0. The topological polar surface area (TPSA) is 45.6 Å². The number of rotatable bonds is 6. The standard InChI is InChI=1S/C33H27N3O2S/c1-2-19-35-31(37)29(32(38)36(33(35)39)26-14-4-3-5-15-26)20-25-22-34(30-18-9-8-17-28(25)30)21-24-13-10-12-23-11-6-7-16-27(23)24/h3-18,20,22H,2,19,21H2,1H3/b29-20+. The second-order valence-corrected chi connectivity index (χ2v) is 10.0. The van der Waals surface area contributed by atoms with E-state index in [0.29, 0.717) is 18.8 Å². The molecular weight excluding hydrogens is 502 g/mol. The van der Waals surface area contributed by atoms with Crippen LogP contribution in [0.4, 0.5) is 5.69 Å². The zero-order valence-corrected chi connectivity index (χ0v) is 22.4. The molecule has 6 heteroatoms. The Morgan fingerprint density at radius 1 is 0.769 bits per heavy atom. The summed E-state index contributed by atoms with van der Waals surface area (Å²) in [6, 6.07) is 32.1. The lowest BCUT2D eigenvalue weighted by atomic mass is 10.0. The molecule has 0 aliphatic carbocycles. The van der Waals surface area contributed by atoms with Crippen LogP contribution in [0.5, 0.6) is 0 Å². The first-order chi connectivity index (χ1) is 19.1. The monoisotopic (exact) mass is 529 g/mol. The number of thiocarbonyl (C=S) groups is 1.